The van der Waals surface area contributed by atoms with E-state index >= 15 is 0 Å². The topological polar surface area (TPSA) is 86.9 Å². The normalized spacial score (nSPS) is 12.3. The molecule has 4 N–H and O–H groups in total. The number of carbonyl (C=O) groups excluding carboxylic acids is 1. The third-order valence-corrected chi connectivity index (χ3v) is 2.69. The molecule has 0 bridgehead atoms. The summed E-state index contributed by atoms with van der Waals surface area (Å²) in [4.78, 5) is 10.8. The van der Waals surface area contributed by atoms with Crippen LogP contribution in [0.15, 0.2) is 42.7 Å². The van der Waals surface area contributed by atoms with E-state index < -0.39 is 5.91 Å². The van der Waals surface area contributed by atoms with E-state index in [2.05, 4.69) is 5.10 Å². The van der Waals surface area contributed by atoms with E-state index in [0.29, 0.717) is 6.54 Å². The Morgan fingerprint density at radius 2 is 2.06 bits per heavy atom. The van der Waals surface area contributed by atoms with Gasteiger partial charge in [-0.2, -0.15) is 5.10 Å². The highest BCUT2D eigenvalue weighted by Crippen LogP contribution is 2.13. The van der Waals surface area contributed by atoms with E-state index in [-0.39, 0.29) is 12.5 Å². The van der Waals surface area contributed by atoms with Crippen molar-refractivity contribution in [1.82, 2.24) is 9.78 Å². The van der Waals surface area contributed by atoms with E-state index in [1.54, 1.807) is 10.9 Å². The summed E-state index contributed by atoms with van der Waals surface area (Å²) >= 11 is 0. The Morgan fingerprint density at radius 3 is 2.72 bits per heavy atom. The van der Waals surface area contributed by atoms with Crippen LogP contribution in [0.25, 0.3) is 0 Å². The Bertz CT molecular complexity index is 521. The second kappa shape index (κ2) is 5.46. The first-order valence-corrected chi connectivity index (χ1v) is 5.75. The molecule has 1 unspecified atom stereocenters. The SMILES string of the molecule is NC(=O)CC(N)c1cnn(Cc2ccccc2)c1. The number of rotatable bonds is 5. The highest BCUT2D eigenvalue weighted by Gasteiger charge is 2.11. The summed E-state index contributed by atoms with van der Waals surface area (Å²) in [6.07, 6.45) is 3.66. The zero-order chi connectivity index (χ0) is 13.0. The van der Waals surface area contributed by atoms with E-state index in [9.17, 15) is 4.79 Å². The molecule has 0 spiro atoms. The first-order chi connectivity index (χ1) is 8.65. The molecule has 0 radical (unpaired) electrons. The largest absolute Gasteiger partial charge is 0.370 e. The van der Waals surface area contributed by atoms with Gasteiger partial charge in [0.1, 0.15) is 0 Å². The van der Waals surface area contributed by atoms with Crippen molar-refractivity contribution in [3.05, 3.63) is 53.9 Å². The van der Waals surface area contributed by atoms with Crippen LogP contribution in [0.2, 0.25) is 0 Å². The molecule has 1 aromatic carbocycles. The molecule has 0 saturated carbocycles. The van der Waals surface area contributed by atoms with Crippen molar-refractivity contribution in [3.63, 3.8) is 0 Å². The van der Waals surface area contributed by atoms with E-state index in [1.165, 1.54) is 0 Å². The Labute approximate surface area is 105 Å². The van der Waals surface area contributed by atoms with Crippen molar-refractivity contribution >= 4 is 5.91 Å². The smallest absolute Gasteiger partial charge is 0.219 e. The number of nitrogens with zero attached hydrogens (tertiary/aromatic N) is 2. The standard InChI is InChI=1S/C13H16N4O/c14-12(6-13(15)18)11-7-16-17(9-11)8-10-4-2-1-3-5-10/h1-5,7,9,12H,6,8,14H2,(H2,15,18). The van der Waals surface area contributed by atoms with Gasteiger partial charge in [-0.1, -0.05) is 30.3 Å². The third kappa shape index (κ3) is 3.18. The van der Waals surface area contributed by atoms with Crippen molar-refractivity contribution in [2.45, 2.75) is 19.0 Å². The fourth-order valence-electron chi connectivity index (χ4n) is 1.76. The summed E-state index contributed by atoms with van der Waals surface area (Å²) in [6.45, 7) is 0.685. The van der Waals surface area contributed by atoms with Crippen LogP contribution in [0.5, 0.6) is 0 Å². The highest BCUT2D eigenvalue weighted by atomic mass is 16.1. The predicted octanol–water partition coefficient (Wildman–Crippen LogP) is 0.807. The summed E-state index contributed by atoms with van der Waals surface area (Å²) in [5, 5.41) is 4.22. The Balaban J connectivity index is 2.04. The van der Waals surface area contributed by atoms with Gasteiger partial charge in [0.15, 0.2) is 0 Å². The van der Waals surface area contributed by atoms with Gasteiger partial charge in [-0.3, -0.25) is 9.48 Å². The van der Waals surface area contributed by atoms with Gasteiger partial charge in [0.05, 0.1) is 12.7 Å². The van der Waals surface area contributed by atoms with Crippen molar-refractivity contribution in [2.75, 3.05) is 0 Å². The second-order valence-corrected chi connectivity index (χ2v) is 4.23. The van der Waals surface area contributed by atoms with Crippen molar-refractivity contribution < 1.29 is 4.79 Å². The number of amides is 1. The molecule has 5 nitrogen and oxygen atoms in total. The fourth-order valence-corrected chi connectivity index (χ4v) is 1.76. The zero-order valence-electron chi connectivity index (χ0n) is 9.99. The first-order valence-electron chi connectivity index (χ1n) is 5.75. The predicted molar refractivity (Wildman–Crippen MR) is 68.5 cm³/mol. The molecule has 5 heteroatoms. The Hall–Kier alpha value is -2.14. The van der Waals surface area contributed by atoms with Crippen LogP contribution in [0.1, 0.15) is 23.6 Å². The van der Waals surface area contributed by atoms with Crippen LogP contribution in [0.4, 0.5) is 0 Å². The van der Waals surface area contributed by atoms with E-state index in [4.69, 9.17) is 11.5 Å². The molecule has 18 heavy (non-hydrogen) atoms. The molecule has 2 rings (SSSR count). The maximum Gasteiger partial charge on any atom is 0.219 e. The number of aromatic nitrogens is 2. The first kappa shape index (κ1) is 12.3. The van der Waals surface area contributed by atoms with Gasteiger partial charge in [0, 0.05) is 24.2 Å². The van der Waals surface area contributed by atoms with Crippen LogP contribution in [0.3, 0.4) is 0 Å². The van der Waals surface area contributed by atoms with Crippen LogP contribution < -0.4 is 11.5 Å². The summed E-state index contributed by atoms with van der Waals surface area (Å²) in [7, 11) is 0. The van der Waals surface area contributed by atoms with Gasteiger partial charge < -0.3 is 11.5 Å². The molecule has 1 heterocycles. The van der Waals surface area contributed by atoms with Crippen LogP contribution in [-0.2, 0) is 11.3 Å². The monoisotopic (exact) mass is 244 g/mol. The highest BCUT2D eigenvalue weighted by molar-refractivity contribution is 5.74. The lowest BCUT2D eigenvalue weighted by Crippen LogP contribution is -2.20. The molecule has 94 valence electrons. The fraction of sp³-hybridized carbons (Fsp3) is 0.231. The molecule has 0 saturated heterocycles. The van der Waals surface area contributed by atoms with Crippen molar-refractivity contribution in [1.29, 1.82) is 0 Å². The van der Waals surface area contributed by atoms with Gasteiger partial charge in [0.25, 0.3) is 0 Å². The summed E-state index contributed by atoms with van der Waals surface area (Å²) < 4.78 is 1.80. The van der Waals surface area contributed by atoms with E-state index in [1.807, 2.05) is 36.5 Å². The lowest BCUT2D eigenvalue weighted by Gasteiger charge is -2.05. The van der Waals surface area contributed by atoms with Gasteiger partial charge in [-0.05, 0) is 5.56 Å². The van der Waals surface area contributed by atoms with Gasteiger partial charge in [-0.15, -0.1) is 0 Å². The van der Waals surface area contributed by atoms with Crippen LogP contribution in [-0.4, -0.2) is 15.7 Å². The summed E-state index contributed by atoms with van der Waals surface area (Å²) in [5.74, 6) is -0.404. The van der Waals surface area contributed by atoms with Crippen molar-refractivity contribution in [2.24, 2.45) is 11.5 Å². The molecule has 0 aliphatic carbocycles. The van der Waals surface area contributed by atoms with Crippen LogP contribution >= 0.6 is 0 Å². The summed E-state index contributed by atoms with van der Waals surface area (Å²) in [6, 6.07) is 9.62. The third-order valence-electron chi connectivity index (χ3n) is 2.69. The minimum Gasteiger partial charge on any atom is -0.370 e. The number of hydrogen-bond acceptors (Lipinski definition) is 3. The van der Waals surface area contributed by atoms with Gasteiger partial charge >= 0.3 is 0 Å². The number of hydrogen-bond donors (Lipinski definition) is 2. The maximum atomic E-state index is 10.8. The molecule has 0 aliphatic heterocycles. The molecule has 1 atom stereocenters. The number of carbonyl (C=O) groups is 1. The molecular formula is C13H16N4O. The number of nitrogens with two attached hydrogens (primary N) is 2. The minimum atomic E-state index is -0.404. The quantitative estimate of drug-likeness (QED) is 0.815. The minimum absolute atomic E-state index is 0.136. The Morgan fingerprint density at radius 1 is 1.33 bits per heavy atom. The zero-order valence-corrected chi connectivity index (χ0v) is 9.99. The molecule has 1 aromatic heterocycles. The lowest BCUT2D eigenvalue weighted by atomic mass is 10.1. The number of primary amides is 1. The van der Waals surface area contributed by atoms with Gasteiger partial charge in [-0.25, -0.2) is 0 Å². The molecule has 0 fully saturated rings. The molecule has 0 aliphatic rings. The molecular weight excluding hydrogens is 228 g/mol. The maximum absolute atomic E-state index is 10.8. The van der Waals surface area contributed by atoms with E-state index in [0.717, 1.165) is 11.1 Å². The molecule has 1 amide bonds. The van der Waals surface area contributed by atoms with Crippen molar-refractivity contribution in [3.8, 4) is 0 Å². The molecule has 2 aromatic rings. The summed E-state index contributed by atoms with van der Waals surface area (Å²) in [5.41, 5.74) is 12.9. The second-order valence-electron chi connectivity index (χ2n) is 4.23. The van der Waals surface area contributed by atoms with Gasteiger partial charge in [0.2, 0.25) is 5.91 Å². The average molecular weight is 244 g/mol. The average Bonchev–Trinajstić information content (AvgIpc) is 2.78. The lowest BCUT2D eigenvalue weighted by molar-refractivity contribution is -0.118. The van der Waals surface area contributed by atoms with Crippen LogP contribution in [0, 0.1) is 0 Å². The Kier molecular flexibility index (Phi) is 3.74. The number of benzene rings is 1.